The summed E-state index contributed by atoms with van der Waals surface area (Å²) in [4.78, 5) is 25.2. The number of ketones is 1. The van der Waals surface area contributed by atoms with E-state index in [-0.39, 0.29) is 18.1 Å². The molecule has 0 aliphatic rings. The van der Waals surface area contributed by atoms with Gasteiger partial charge in [-0.05, 0) is 38.0 Å². The Morgan fingerprint density at radius 3 is 2.04 bits per heavy atom. The molecule has 0 heterocycles. The zero-order chi connectivity index (χ0) is 20.1. The van der Waals surface area contributed by atoms with Gasteiger partial charge in [0.2, 0.25) is 5.91 Å². The van der Waals surface area contributed by atoms with Crippen LogP contribution in [0.2, 0.25) is 5.02 Å². The van der Waals surface area contributed by atoms with Gasteiger partial charge in [0, 0.05) is 18.8 Å². The lowest BCUT2D eigenvalue weighted by Gasteiger charge is -2.26. The van der Waals surface area contributed by atoms with Gasteiger partial charge in [-0.25, -0.2) is 0 Å². The number of anilines is 2. The van der Waals surface area contributed by atoms with Crippen LogP contribution in [-0.4, -0.2) is 24.8 Å². The van der Waals surface area contributed by atoms with Crippen LogP contribution < -0.4 is 10.2 Å². The highest BCUT2D eigenvalue weighted by molar-refractivity contribution is 6.33. The average Bonchev–Trinajstić information content (AvgIpc) is 2.60. The van der Waals surface area contributed by atoms with E-state index in [0.717, 1.165) is 31.6 Å². The van der Waals surface area contributed by atoms with Crippen molar-refractivity contribution < 1.29 is 9.59 Å². The van der Waals surface area contributed by atoms with Gasteiger partial charge in [0.25, 0.3) is 0 Å². The molecule has 0 unspecified atom stereocenters. The van der Waals surface area contributed by atoms with Crippen LogP contribution in [0.1, 0.15) is 78.6 Å². The first-order valence-electron chi connectivity index (χ1n) is 10.3. The van der Waals surface area contributed by atoms with E-state index in [4.69, 9.17) is 11.6 Å². The third kappa shape index (κ3) is 9.81. The average molecular weight is 395 g/mol. The van der Waals surface area contributed by atoms with Gasteiger partial charge in [0.1, 0.15) is 5.78 Å². The van der Waals surface area contributed by atoms with E-state index in [2.05, 4.69) is 24.1 Å². The van der Waals surface area contributed by atoms with Crippen LogP contribution >= 0.6 is 11.6 Å². The third-order valence-electron chi connectivity index (χ3n) is 4.54. The highest BCUT2D eigenvalue weighted by Crippen LogP contribution is 2.30. The lowest BCUT2D eigenvalue weighted by atomic mass is 10.1. The molecule has 1 aromatic rings. The van der Waals surface area contributed by atoms with E-state index in [1.807, 2.05) is 12.1 Å². The second-order valence-electron chi connectivity index (χ2n) is 7.20. The van der Waals surface area contributed by atoms with E-state index < -0.39 is 0 Å². The van der Waals surface area contributed by atoms with Crippen molar-refractivity contribution in [2.75, 3.05) is 23.3 Å². The molecule has 152 valence electrons. The fourth-order valence-electron chi connectivity index (χ4n) is 3.08. The van der Waals surface area contributed by atoms with E-state index in [9.17, 15) is 9.59 Å². The second-order valence-corrected chi connectivity index (χ2v) is 7.61. The Labute approximate surface area is 169 Å². The molecule has 0 saturated carbocycles. The summed E-state index contributed by atoms with van der Waals surface area (Å²) in [6, 6.07) is 5.62. The molecular formula is C22H35ClN2O2. The molecule has 0 fully saturated rings. The summed E-state index contributed by atoms with van der Waals surface area (Å²) in [5.74, 6) is -0.456. The number of carbonyl (C=O) groups is 2. The van der Waals surface area contributed by atoms with Gasteiger partial charge in [0.05, 0.1) is 17.1 Å². The largest absolute Gasteiger partial charge is 0.370 e. The number of nitrogens with zero attached hydrogens (tertiary/aromatic N) is 1. The van der Waals surface area contributed by atoms with Crippen LogP contribution in [0.3, 0.4) is 0 Å². The predicted molar refractivity (Wildman–Crippen MR) is 116 cm³/mol. The maximum Gasteiger partial charge on any atom is 0.231 e. The first kappa shape index (κ1) is 23.5. The van der Waals surface area contributed by atoms with Gasteiger partial charge < -0.3 is 10.2 Å². The smallest absolute Gasteiger partial charge is 0.231 e. The van der Waals surface area contributed by atoms with Gasteiger partial charge in [-0.1, -0.05) is 64.0 Å². The molecule has 1 N–H and O–H groups in total. The standard InChI is InChI=1S/C22H35ClN2O2/c1-4-6-8-10-14-25(15-11-9-7-5-2)21-13-12-19(17-20(21)23)24-22(27)16-18(3)26/h12-13,17H,4-11,14-16H2,1-3H3,(H,24,27). The number of carbonyl (C=O) groups excluding carboxylic acids is 2. The van der Waals surface area contributed by atoms with Crippen molar-refractivity contribution in [1.82, 2.24) is 0 Å². The van der Waals surface area contributed by atoms with Gasteiger partial charge in [0.15, 0.2) is 0 Å². The summed E-state index contributed by atoms with van der Waals surface area (Å²) < 4.78 is 0. The van der Waals surface area contributed by atoms with Crippen LogP contribution in [0.15, 0.2) is 18.2 Å². The lowest BCUT2D eigenvalue weighted by Crippen LogP contribution is -2.26. The number of rotatable bonds is 14. The maximum atomic E-state index is 11.8. The van der Waals surface area contributed by atoms with Crippen LogP contribution in [0.25, 0.3) is 0 Å². The molecule has 0 aliphatic heterocycles. The zero-order valence-corrected chi connectivity index (χ0v) is 17.9. The number of halogens is 1. The molecule has 1 amide bonds. The summed E-state index contributed by atoms with van der Waals surface area (Å²) in [7, 11) is 0. The van der Waals surface area contributed by atoms with E-state index in [0.29, 0.717) is 10.7 Å². The number of hydrogen-bond acceptors (Lipinski definition) is 3. The van der Waals surface area contributed by atoms with Crippen LogP contribution in [0, 0.1) is 0 Å². The molecule has 0 aromatic heterocycles. The van der Waals surface area contributed by atoms with Crippen molar-refractivity contribution >= 4 is 34.7 Å². The molecule has 27 heavy (non-hydrogen) atoms. The molecule has 0 aliphatic carbocycles. The summed E-state index contributed by atoms with van der Waals surface area (Å²) in [6.07, 6.45) is 9.66. The normalized spacial score (nSPS) is 10.7. The number of nitrogens with one attached hydrogen (secondary N) is 1. The molecule has 0 radical (unpaired) electrons. The molecule has 0 saturated heterocycles. The molecule has 0 bridgehead atoms. The molecule has 0 atom stereocenters. The summed E-state index contributed by atoms with van der Waals surface area (Å²) in [5.41, 5.74) is 1.65. The lowest BCUT2D eigenvalue weighted by molar-refractivity contribution is -0.124. The van der Waals surface area contributed by atoms with Crippen molar-refractivity contribution in [3.8, 4) is 0 Å². The minimum atomic E-state index is -0.303. The van der Waals surface area contributed by atoms with Crippen molar-refractivity contribution in [3.63, 3.8) is 0 Å². The molecular weight excluding hydrogens is 360 g/mol. The van der Waals surface area contributed by atoms with E-state index in [1.165, 1.54) is 45.4 Å². The van der Waals surface area contributed by atoms with Crippen LogP contribution in [0.5, 0.6) is 0 Å². The highest BCUT2D eigenvalue weighted by Gasteiger charge is 2.12. The van der Waals surface area contributed by atoms with Crippen molar-refractivity contribution in [3.05, 3.63) is 23.2 Å². The number of hydrogen-bond donors (Lipinski definition) is 1. The van der Waals surface area contributed by atoms with Crippen molar-refractivity contribution in [2.45, 2.75) is 78.6 Å². The Bertz CT molecular complexity index is 578. The maximum absolute atomic E-state index is 11.8. The summed E-state index contributed by atoms with van der Waals surface area (Å²) in [5, 5.41) is 3.38. The number of unbranched alkanes of at least 4 members (excludes halogenated alkanes) is 6. The fraction of sp³-hybridized carbons (Fsp3) is 0.636. The van der Waals surface area contributed by atoms with E-state index >= 15 is 0 Å². The first-order chi connectivity index (χ1) is 13.0. The molecule has 4 nitrogen and oxygen atoms in total. The third-order valence-corrected chi connectivity index (χ3v) is 4.85. The van der Waals surface area contributed by atoms with Gasteiger partial charge >= 0.3 is 0 Å². The van der Waals surface area contributed by atoms with Gasteiger partial charge in [-0.3, -0.25) is 9.59 Å². The van der Waals surface area contributed by atoms with Crippen LogP contribution in [0.4, 0.5) is 11.4 Å². The molecule has 0 spiro atoms. The topological polar surface area (TPSA) is 49.4 Å². The minimum Gasteiger partial charge on any atom is -0.370 e. The summed E-state index contributed by atoms with van der Waals surface area (Å²) >= 11 is 6.53. The second kappa shape index (κ2) is 13.6. The van der Waals surface area contributed by atoms with Gasteiger partial charge in [-0.15, -0.1) is 0 Å². The Hall–Kier alpha value is -1.55. The molecule has 5 heteroatoms. The monoisotopic (exact) mass is 394 g/mol. The molecule has 1 rings (SSSR count). The zero-order valence-electron chi connectivity index (χ0n) is 17.2. The Morgan fingerprint density at radius 1 is 0.963 bits per heavy atom. The first-order valence-corrected chi connectivity index (χ1v) is 10.7. The summed E-state index contributed by atoms with van der Waals surface area (Å²) in [6.45, 7) is 7.85. The number of benzene rings is 1. The molecule has 1 aromatic carbocycles. The SMILES string of the molecule is CCCCCCN(CCCCCC)c1ccc(NC(=O)CC(C)=O)cc1Cl. The predicted octanol–water partition coefficient (Wildman–Crippen LogP) is 6.22. The van der Waals surface area contributed by atoms with E-state index in [1.54, 1.807) is 6.07 Å². The minimum absolute atomic E-state index is 0.111. The van der Waals surface area contributed by atoms with Crippen LogP contribution in [-0.2, 0) is 9.59 Å². The Balaban J connectivity index is 2.76. The highest BCUT2D eigenvalue weighted by atomic mass is 35.5. The number of Topliss-reactive ketones (excluding diaryl/α,β-unsaturated/α-hetero) is 1. The Kier molecular flexibility index (Phi) is 11.8. The Morgan fingerprint density at radius 2 is 1.56 bits per heavy atom. The quantitative estimate of drug-likeness (QED) is 0.300. The fourth-order valence-corrected chi connectivity index (χ4v) is 3.38. The van der Waals surface area contributed by atoms with Crippen molar-refractivity contribution in [1.29, 1.82) is 0 Å². The number of amides is 1. The van der Waals surface area contributed by atoms with Gasteiger partial charge in [-0.2, -0.15) is 0 Å². The van der Waals surface area contributed by atoms with Crippen molar-refractivity contribution in [2.24, 2.45) is 0 Å².